The van der Waals surface area contributed by atoms with Crippen molar-refractivity contribution in [2.24, 2.45) is 0 Å². The average molecular weight is 416 g/mol. The molecule has 0 bridgehead atoms. The lowest BCUT2D eigenvalue weighted by molar-refractivity contribution is 0.0928. The molecule has 0 spiro atoms. The van der Waals surface area contributed by atoms with E-state index >= 15 is 0 Å². The maximum absolute atomic E-state index is 12.8. The number of carbonyl (C=O) groups is 1. The summed E-state index contributed by atoms with van der Waals surface area (Å²) in [7, 11) is 0. The van der Waals surface area contributed by atoms with Crippen LogP contribution in [0.4, 0.5) is 0 Å². The van der Waals surface area contributed by atoms with E-state index in [9.17, 15) is 4.79 Å². The SMILES string of the molecule is Cc1nc(C(=O)NC(C)c2cn(-c3ccccc3)nn2)nn1-c1ccccc1C(C)C. The number of carbonyl (C=O) groups excluding carboxylic acids is 1. The van der Waals surface area contributed by atoms with Crippen LogP contribution in [0.5, 0.6) is 0 Å². The first-order valence-electron chi connectivity index (χ1n) is 10.3. The Balaban J connectivity index is 1.52. The van der Waals surface area contributed by atoms with E-state index in [2.05, 4.69) is 45.6 Å². The number of hydrogen-bond donors (Lipinski definition) is 1. The maximum Gasteiger partial charge on any atom is 0.291 e. The highest BCUT2D eigenvalue weighted by atomic mass is 16.2. The fourth-order valence-electron chi connectivity index (χ4n) is 3.40. The van der Waals surface area contributed by atoms with Crippen LogP contribution in [0.15, 0.2) is 60.8 Å². The van der Waals surface area contributed by atoms with Crippen LogP contribution in [-0.2, 0) is 0 Å². The van der Waals surface area contributed by atoms with Crippen LogP contribution in [-0.4, -0.2) is 35.7 Å². The van der Waals surface area contributed by atoms with Crippen molar-refractivity contribution < 1.29 is 4.79 Å². The zero-order valence-corrected chi connectivity index (χ0v) is 18.0. The van der Waals surface area contributed by atoms with Gasteiger partial charge in [0.15, 0.2) is 0 Å². The topological polar surface area (TPSA) is 90.5 Å². The first-order valence-corrected chi connectivity index (χ1v) is 10.3. The Morgan fingerprint density at radius 3 is 2.45 bits per heavy atom. The quantitative estimate of drug-likeness (QED) is 0.518. The van der Waals surface area contributed by atoms with Gasteiger partial charge in [0.05, 0.1) is 23.6 Å². The van der Waals surface area contributed by atoms with Gasteiger partial charge in [0.2, 0.25) is 5.82 Å². The molecule has 8 heteroatoms. The van der Waals surface area contributed by atoms with E-state index in [1.165, 1.54) is 0 Å². The molecule has 4 aromatic rings. The second-order valence-corrected chi connectivity index (χ2v) is 7.73. The van der Waals surface area contributed by atoms with Crippen molar-refractivity contribution in [1.82, 2.24) is 35.1 Å². The molecule has 1 unspecified atom stereocenters. The Labute approximate surface area is 180 Å². The number of rotatable bonds is 6. The molecule has 4 rings (SSSR count). The zero-order valence-electron chi connectivity index (χ0n) is 18.0. The summed E-state index contributed by atoms with van der Waals surface area (Å²) in [4.78, 5) is 17.2. The molecule has 0 fully saturated rings. The molecule has 0 saturated heterocycles. The van der Waals surface area contributed by atoms with E-state index < -0.39 is 0 Å². The number of nitrogens with one attached hydrogen (secondary N) is 1. The summed E-state index contributed by atoms with van der Waals surface area (Å²) in [5.74, 6) is 0.745. The average Bonchev–Trinajstić information content (AvgIpc) is 3.41. The molecule has 31 heavy (non-hydrogen) atoms. The molecule has 1 amide bonds. The highest BCUT2D eigenvalue weighted by molar-refractivity contribution is 5.90. The third kappa shape index (κ3) is 4.23. The number of amides is 1. The van der Waals surface area contributed by atoms with Crippen molar-refractivity contribution in [1.29, 1.82) is 0 Å². The van der Waals surface area contributed by atoms with Gasteiger partial charge in [-0.1, -0.05) is 55.5 Å². The largest absolute Gasteiger partial charge is 0.341 e. The number of para-hydroxylation sites is 2. The van der Waals surface area contributed by atoms with Crippen molar-refractivity contribution >= 4 is 5.91 Å². The standard InChI is InChI=1S/C23H25N7O/c1-15(2)19-12-8-9-13-21(19)30-17(4)25-22(27-30)23(31)24-16(3)20-14-29(28-26-20)18-10-6-5-7-11-18/h5-16H,1-4H3,(H,24,31). The van der Waals surface area contributed by atoms with E-state index in [4.69, 9.17) is 0 Å². The van der Waals surface area contributed by atoms with Crippen LogP contribution >= 0.6 is 0 Å². The minimum Gasteiger partial charge on any atom is -0.341 e. The van der Waals surface area contributed by atoms with Gasteiger partial charge in [-0.3, -0.25) is 4.79 Å². The predicted molar refractivity (Wildman–Crippen MR) is 117 cm³/mol. The third-order valence-electron chi connectivity index (χ3n) is 5.08. The molecule has 0 aliphatic carbocycles. The molecular formula is C23H25N7O. The molecular weight excluding hydrogens is 390 g/mol. The molecule has 0 aliphatic heterocycles. The summed E-state index contributed by atoms with van der Waals surface area (Å²) in [6, 6.07) is 17.4. The van der Waals surface area contributed by atoms with Gasteiger partial charge in [-0.05, 0) is 43.5 Å². The first kappa shape index (κ1) is 20.5. The predicted octanol–water partition coefficient (Wildman–Crippen LogP) is 3.77. The van der Waals surface area contributed by atoms with E-state index in [0.29, 0.717) is 17.4 Å². The third-order valence-corrected chi connectivity index (χ3v) is 5.08. The number of aromatic nitrogens is 6. The second-order valence-electron chi connectivity index (χ2n) is 7.73. The van der Waals surface area contributed by atoms with E-state index in [0.717, 1.165) is 16.9 Å². The van der Waals surface area contributed by atoms with Crippen molar-refractivity contribution in [2.45, 2.75) is 39.7 Å². The molecule has 158 valence electrons. The van der Waals surface area contributed by atoms with Crippen LogP contribution in [0.2, 0.25) is 0 Å². The second kappa shape index (κ2) is 8.51. The smallest absolute Gasteiger partial charge is 0.291 e. The lowest BCUT2D eigenvalue weighted by Crippen LogP contribution is -2.28. The van der Waals surface area contributed by atoms with Crippen LogP contribution in [0, 0.1) is 6.92 Å². The number of aryl methyl sites for hydroxylation is 1. The van der Waals surface area contributed by atoms with Crippen molar-refractivity contribution in [3.63, 3.8) is 0 Å². The lowest BCUT2D eigenvalue weighted by Gasteiger charge is -2.13. The van der Waals surface area contributed by atoms with Gasteiger partial charge in [-0.25, -0.2) is 14.3 Å². The molecule has 1 atom stereocenters. The summed E-state index contributed by atoms with van der Waals surface area (Å²) in [5.41, 5.74) is 3.63. The fraction of sp³-hybridized carbons (Fsp3) is 0.261. The number of hydrogen-bond acceptors (Lipinski definition) is 5. The minimum absolute atomic E-state index is 0.123. The summed E-state index contributed by atoms with van der Waals surface area (Å²) < 4.78 is 3.40. The highest BCUT2D eigenvalue weighted by Crippen LogP contribution is 2.23. The summed E-state index contributed by atoms with van der Waals surface area (Å²) in [5, 5.41) is 15.7. The van der Waals surface area contributed by atoms with Gasteiger partial charge in [-0.15, -0.1) is 10.2 Å². The van der Waals surface area contributed by atoms with Crippen LogP contribution < -0.4 is 5.32 Å². The molecule has 0 radical (unpaired) electrons. The van der Waals surface area contributed by atoms with E-state index in [1.807, 2.05) is 62.4 Å². The molecule has 0 saturated carbocycles. The van der Waals surface area contributed by atoms with Gasteiger partial charge >= 0.3 is 0 Å². The number of benzene rings is 2. The molecule has 0 aliphatic rings. The van der Waals surface area contributed by atoms with E-state index in [1.54, 1.807) is 15.6 Å². The normalized spacial score (nSPS) is 12.2. The van der Waals surface area contributed by atoms with Gasteiger partial charge in [0.25, 0.3) is 5.91 Å². The molecule has 8 nitrogen and oxygen atoms in total. The van der Waals surface area contributed by atoms with Crippen molar-refractivity contribution in [3.05, 3.63) is 83.7 Å². The first-order chi connectivity index (χ1) is 14.9. The Bertz CT molecular complexity index is 1190. The van der Waals surface area contributed by atoms with Crippen LogP contribution in [0.1, 0.15) is 60.4 Å². The lowest BCUT2D eigenvalue weighted by atomic mass is 10.0. The monoisotopic (exact) mass is 415 g/mol. The Kier molecular flexibility index (Phi) is 5.62. The van der Waals surface area contributed by atoms with Crippen LogP contribution in [0.25, 0.3) is 11.4 Å². The Morgan fingerprint density at radius 2 is 1.71 bits per heavy atom. The van der Waals surface area contributed by atoms with Crippen molar-refractivity contribution in [3.8, 4) is 11.4 Å². The number of nitrogens with zero attached hydrogens (tertiary/aromatic N) is 6. The maximum atomic E-state index is 12.8. The van der Waals surface area contributed by atoms with Gasteiger partial charge < -0.3 is 5.32 Å². The molecule has 1 N–H and O–H groups in total. The summed E-state index contributed by atoms with van der Waals surface area (Å²) >= 11 is 0. The minimum atomic E-state index is -0.356. The highest BCUT2D eigenvalue weighted by Gasteiger charge is 2.20. The Hall–Kier alpha value is -3.81. The zero-order chi connectivity index (χ0) is 22.0. The fourth-order valence-corrected chi connectivity index (χ4v) is 3.40. The van der Waals surface area contributed by atoms with Crippen LogP contribution in [0.3, 0.4) is 0 Å². The molecule has 2 aromatic heterocycles. The van der Waals surface area contributed by atoms with Crippen molar-refractivity contribution in [2.75, 3.05) is 0 Å². The van der Waals surface area contributed by atoms with Gasteiger partial charge in [0.1, 0.15) is 11.5 Å². The Morgan fingerprint density at radius 1 is 1.00 bits per heavy atom. The summed E-state index contributed by atoms with van der Waals surface area (Å²) in [6.07, 6.45) is 1.80. The van der Waals surface area contributed by atoms with Gasteiger partial charge in [0, 0.05) is 0 Å². The molecule has 2 aromatic carbocycles. The summed E-state index contributed by atoms with van der Waals surface area (Å²) in [6.45, 7) is 7.96. The van der Waals surface area contributed by atoms with Gasteiger partial charge in [-0.2, -0.15) is 0 Å². The molecule has 2 heterocycles. The van der Waals surface area contributed by atoms with E-state index in [-0.39, 0.29) is 17.8 Å².